The molecule has 0 aliphatic rings. The number of pyridine rings is 1. The molecule has 0 spiro atoms. The maximum absolute atomic E-state index is 13.0. The van der Waals surface area contributed by atoms with Crippen LogP contribution >= 0.6 is 11.6 Å². The van der Waals surface area contributed by atoms with E-state index in [1.807, 2.05) is 5.32 Å². The van der Waals surface area contributed by atoms with Gasteiger partial charge < -0.3 is 20.1 Å². The zero-order valence-corrected chi connectivity index (χ0v) is 14.7. The Bertz CT molecular complexity index is 810. The van der Waals surface area contributed by atoms with Crippen molar-refractivity contribution >= 4 is 29.0 Å². The fraction of sp³-hybridized carbons (Fsp3) is 0.357. The molecule has 2 aromatic heterocycles. The van der Waals surface area contributed by atoms with E-state index < -0.39 is 23.6 Å². The number of ether oxygens (including phenoxy) is 2. The van der Waals surface area contributed by atoms with Crippen molar-refractivity contribution in [2.75, 3.05) is 24.4 Å². The van der Waals surface area contributed by atoms with Gasteiger partial charge in [-0.2, -0.15) is 23.3 Å². The van der Waals surface area contributed by atoms with Crippen LogP contribution in [0.25, 0.3) is 0 Å². The first-order chi connectivity index (χ1) is 12.2. The normalized spacial score (nSPS) is 11.2. The average molecular weight is 394 g/mol. The number of amides is 2. The number of hydrogen-bond acceptors (Lipinski definition) is 5. The van der Waals surface area contributed by atoms with Gasteiger partial charge in [-0.25, -0.2) is 4.79 Å². The quantitative estimate of drug-likeness (QED) is 0.811. The summed E-state index contributed by atoms with van der Waals surface area (Å²) in [5, 5.41) is 7.28. The molecular formula is C14H15ClF3N5O3. The highest BCUT2D eigenvalue weighted by atomic mass is 35.5. The van der Waals surface area contributed by atoms with Crippen LogP contribution in [-0.4, -0.2) is 34.5 Å². The molecule has 2 rings (SSSR count). The molecule has 0 radical (unpaired) electrons. The highest BCUT2D eigenvalue weighted by Crippen LogP contribution is 2.38. The molecule has 0 aromatic carbocycles. The Kier molecular flexibility index (Phi) is 5.80. The first kappa shape index (κ1) is 19.6. The van der Waals surface area contributed by atoms with Gasteiger partial charge in [-0.1, -0.05) is 11.6 Å². The van der Waals surface area contributed by atoms with Crippen LogP contribution in [0.5, 0.6) is 11.8 Å². The van der Waals surface area contributed by atoms with Gasteiger partial charge in [-0.3, -0.25) is 4.68 Å². The van der Waals surface area contributed by atoms with Crippen molar-refractivity contribution in [2.45, 2.75) is 13.1 Å². The Morgan fingerprint density at radius 1 is 1.35 bits per heavy atom. The Balaban J connectivity index is 2.22. The Labute approximate surface area is 151 Å². The topological polar surface area (TPSA) is 90.3 Å². The third kappa shape index (κ3) is 4.28. The number of halogens is 4. The summed E-state index contributed by atoms with van der Waals surface area (Å²) in [6, 6.07) is 1.93. The molecule has 142 valence electrons. The summed E-state index contributed by atoms with van der Waals surface area (Å²) in [5.41, 5.74) is -1.84. The summed E-state index contributed by atoms with van der Waals surface area (Å²) < 4.78 is 50.1. The molecule has 2 amide bonds. The fourth-order valence-corrected chi connectivity index (χ4v) is 2.16. The van der Waals surface area contributed by atoms with Gasteiger partial charge in [0.1, 0.15) is 11.4 Å². The summed E-state index contributed by atoms with van der Waals surface area (Å²) in [6.07, 6.45) is -4.79. The molecule has 26 heavy (non-hydrogen) atoms. The van der Waals surface area contributed by atoms with Crippen molar-refractivity contribution in [2.24, 2.45) is 7.05 Å². The highest BCUT2D eigenvalue weighted by molar-refractivity contribution is 6.33. The van der Waals surface area contributed by atoms with Crippen LogP contribution in [0, 0.1) is 0 Å². The lowest BCUT2D eigenvalue weighted by Crippen LogP contribution is -2.22. The van der Waals surface area contributed by atoms with Crippen LogP contribution in [0.2, 0.25) is 5.15 Å². The summed E-state index contributed by atoms with van der Waals surface area (Å²) in [6.45, 7) is 2.15. The van der Waals surface area contributed by atoms with E-state index in [0.29, 0.717) is 6.61 Å². The molecule has 2 aromatic rings. The fourth-order valence-electron chi connectivity index (χ4n) is 1.98. The van der Waals surface area contributed by atoms with Crippen molar-refractivity contribution in [3.8, 4) is 11.8 Å². The lowest BCUT2D eigenvalue weighted by molar-refractivity contribution is -0.140. The maximum atomic E-state index is 13.0. The van der Waals surface area contributed by atoms with Crippen LogP contribution < -0.4 is 20.1 Å². The van der Waals surface area contributed by atoms with Crippen molar-refractivity contribution in [3.63, 3.8) is 0 Å². The van der Waals surface area contributed by atoms with Crippen LogP contribution in [0.4, 0.5) is 29.3 Å². The molecule has 0 saturated heterocycles. The van der Waals surface area contributed by atoms with E-state index in [0.717, 1.165) is 4.68 Å². The van der Waals surface area contributed by atoms with E-state index in [-0.39, 0.29) is 22.6 Å². The predicted molar refractivity (Wildman–Crippen MR) is 87.8 cm³/mol. The SMILES string of the molecule is CCOc1ccc(NC(=O)Nc2c(C(F)(F)F)nn(C)c2Cl)c(OC)n1. The first-order valence-electron chi connectivity index (χ1n) is 7.22. The van der Waals surface area contributed by atoms with Gasteiger partial charge in [0.25, 0.3) is 0 Å². The molecule has 0 aliphatic carbocycles. The summed E-state index contributed by atoms with van der Waals surface area (Å²) in [7, 11) is 2.54. The van der Waals surface area contributed by atoms with E-state index in [1.165, 1.54) is 26.3 Å². The molecule has 0 fully saturated rings. The number of hydrogen-bond donors (Lipinski definition) is 2. The zero-order chi connectivity index (χ0) is 19.5. The number of carbonyl (C=O) groups excluding carboxylic acids is 1. The molecule has 2 heterocycles. The smallest absolute Gasteiger partial charge is 0.437 e. The van der Waals surface area contributed by atoms with Gasteiger partial charge in [0.2, 0.25) is 11.8 Å². The molecule has 0 atom stereocenters. The monoisotopic (exact) mass is 393 g/mol. The predicted octanol–water partition coefficient (Wildman–Crippen LogP) is 3.54. The highest BCUT2D eigenvalue weighted by Gasteiger charge is 2.39. The van der Waals surface area contributed by atoms with Gasteiger partial charge in [-0.15, -0.1) is 0 Å². The third-order valence-electron chi connectivity index (χ3n) is 3.05. The van der Waals surface area contributed by atoms with Crippen molar-refractivity contribution < 1.29 is 27.4 Å². The minimum atomic E-state index is -4.79. The van der Waals surface area contributed by atoms with E-state index in [1.54, 1.807) is 6.92 Å². The summed E-state index contributed by atoms with van der Waals surface area (Å²) in [5.74, 6) is 0.296. The van der Waals surface area contributed by atoms with Gasteiger partial charge in [0.15, 0.2) is 10.8 Å². The standard InChI is InChI=1S/C14H15ClF3N5O3/c1-4-26-8-6-5-7(12(20-8)25-3)19-13(24)21-9-10(14(16,17)18)22-23(2)11(9)15/h5-6H,4H2,1-3H3,(H2,19,21,24). The van der Waals surface area contributed by atoms with Gasteiger partial charge in [-0.05, 0) is 13.0 Å². The van der Waals surface area contributed by atoms with Crippen molar-refractivity contribution in [1.82, 2.24) is 14.8 Å². The molecular weight excluding hydrogens is 379 g/mol. The number of urea groups is 1. The van der Waals surface area contributed by atoms with E-state index in [4.69, 9.17) is 21.1 Å². The Morgan fingerprint density at radius 2 is 2.04 bits per heavy atom. The number of rotatable bonds is 5. The number of nitrogens with one attached hydrogen (secondary N) is 2. The van der Waals surface area contributed by atoms with Gasteiger partial charge >= 0.3 is 12.2 Å². The van der Waals surface area contributed by atoms with Gasteiger partial charge in [0, 0.05) is 13.1 Å². The molecule has 0 bridgehead atoms. The molecule has 12 heteroatoms. The van der Waals surface area contributed by atoms with Crippen LogP contribution in [0.1, 0.15) is 12.6 Å². The first-order valence-corrected chi connectivity index (χ1v) is 7.60. The number of alkyl halides is 3. The molecule has 0 saturated carbocycles. The molecule has 2 N–H and O–H groups in total. The average Bonchev–Trinajstić information content (AvgIpc) is 2.85. The Morgan fingerprint density at radius 3 is 2.62 bits per heavy atom. The maximum Gasteiger partial charge on any atom is 0.437 e. The van der Waals surface area contributed by atoms with Crippen LogP contribution in [0.3, 0.4) is 0 Å². The van der Waals surface area contributed by atoms with Crippen LogP contribution in [-0.2, 0) is 13.2 Å². The second-order valence-electron chi connectivity index (χ2n) is 4.85. The second kappa shape index (κ2) is 7.68. The number of aromatic nitrogens is 3. The van der Waals surface area contributed by atoms with Crippen molar-refractivity contribution in [3.05, 3.63) is 23.0 Å². The second-order valence-corrected chi connectivity index (χ2v) is 5.21. The number of carbonyl (C=O) groups is 1. The van der Waals surface area contributed by atoms with Crippen molar-refractivity contribution in [1.29, 1.82) is 0 Å². The minimum Gasteiger partial charge on any atom is -0.479 e. The third-order valence-corrected chi connectivity index (χ3v) is 3.49. The van der Waals surface area contributed by atoms with E-state index in [2.05, 4.69) is 15.4 Å². The lowest BCUT2D eigenvalue weighted by Gasteiger charge is -2.12. The number of anilines is 2. The lowest BCUT2D eigenvalue weighted by atomic mass is 10.3. The minimum absolute atomic E-state index is 0.0272. The van der Waals surface area contributed by atoms with Crippen LogP contribution in [0.15, 0.2) is 12.1 Å². The largest absolute Gasteiger partial charge is 0.479 e. The summed E-state index contributed by atoms with van der Waals surface area (Å²) in [4.78, 5) is 16.1. The molecule has 0 unspecified atom stereocenters. The number of aryl methyl sites for hydroxylation is 1. The molecule has 0 aliphatic heterocycles. The van der Waals surface area contributed by atoms with E-state index in [9.17, 15) is 18.0 Å². The van der Waals surface area contributed by atoms with Gasteiger partial charge in [0.05, 0.1) is 13.7 Å². The number of nitrogens with zero attached hydrogens (tertiary/aromatic N) is 3. The molecule has 8 nitrogen and oxygen atoms in total. The summed E-state index contributed by atoms with van der Waals surface area (Å²) >= 11 is 5.79. The van der Waals surface area contributed by atoms with E-state index >= 15 is 0 Å². The zero-order valence-electron chi connectivity index (χ0n) is 13.9. The number of methoxy groups -OCH3 is 1. The Hall–Kier alpha value is -2.69.